The molecule has 1 nitrogen and oxygen atoms in total. The van der Waals surface area contributed by atoms with Gasteiger partial charge >= 0.3 is 0 Å². The van der Waals surface area contributed by atoms with Crippen molar-refractivity contribution in [1.29, 1.82) is 0 Å². The molecule has 0 saturated carbocycles. The SMILES string of the molecule is CNC(CCSC)c1cccc(Br)c1F. The summed E-state index contributed by atoms with van der Waals surface area (Å²) in [5.41, 5.74) is 0.737. The molecule has 0 fully saturated rings. The third-order valence-electron chi connectivity index (χ3n) is 2.32. The molecule has 0 amide bonds. The summed E-state index contributed by atoms with van der Waals surface area (Å²) < 4.78 is 14.3. The standard InChI is InChI=1S/C11H15BrFNS/c1-14-10(6-7-15-2)8-4-3-5-9(12)11(8)13/h3-5,10,14H,6-7H2,1-2H3. The zero-order chi connectivity index (χ0) is 11.3. The van der Waals surface area contributed by atoms with E-state index in [2.05, 4.69) is 27.5 Å². The fourth-order valence-electron chi connectivity index (χ4n) is 1.48. The number of nitrogens with one attached hydrogen (secondary N) is 1. The van der Waals surface area contributed by atoms with Crippen molar-refractivity contribution in [2.24, 2.45) is 0 Å². The second kappa shape index (κ2) is 6.51. The van der Waals surface area contributed by atoms with Crippen LogP contribution in [-0.4, -0.2) is 19.1 Å². The van der Waals surface area contributed by atoms with Crippen LogP contribution in [0.3, 0.4) is 0 Å². The van der Waals surface area contributed by atoms with E-state index in [1.54, 1.807) is 17.8 Å². The van der Waals surface area contributed by atoms with Crippen molar-refractivity contribution >= 4 is 27.7 Å². The van der Waals surface area contributed by atoms with Crippen LogP contribution in [0.1, 0.15) is 18.0 Å². The molecule has 0 bridgehead atoms. The number of hydrogen-bond donors (Lipinski definition) is 1. The van der Waals surface area contributed by atoms with Crippen LogP contribution in [-0.2, 0) is 0 Å². The van der Waals surface area contributed by atoms with Gasteiger partial charge in [0, 0.05) is 11.6 Å². The first kappa shape index (κ1) is 13.0. The smallest absolute Gasteiger partial charge is 0.142 e. The Bertz CT molecular complexity index is 319. The van der Waals surface area contributed by atoms with Crippen molar-refractivity contribution in [3.8, 4) is 0 Å². The molecule has 0 aliphatic rings. The minimum Gasteiger partial charge on any atom is -0.313 e. The van der Waals surface area contributed by atoms with Crippen molar-refractivity contribution < 1.29 is 4.39 Å². The van der Waals surface area contributed by atoms with Crippen LogP contribution in [0.15, 0.2) is 22.7 Å². The highest BCUT2D eigenvalue weighted by molar-refractivity contribution is 9.10. The Kier molecular flexibility index (Phi) is 5.64. The van der Waals surface area contributed by atoms with Gasteiger partial charge in [-0.1, -0.05) is 12.1 Å². The summed E-state index contributed by atoms with van der Waals surface area (Å²) in [4.78, 5) is 0. The van der Waals surface area contributed by atoms with Gasteiger partial charge in [0.15, 0.2) is 0 Å². The lowest BCUT2D eigenvalue weighted by atomic mass is 10.0. The Hall–Kier alpha value is -0.0600. The summed E-state index contributed by atoms with van der Waals surface area (Å²) in [6, 6.07) is 5.52. The van der Waals surface area contributed by atoms with E-state index in [1.807, 2.05) is 19.2 Å². The molecule has 1 aromatic rings. The molecule has 1 aromatic carbocycles. The van der Waals surface area contributed by atoms with Gasteiger partial charge in [-0.05, 0) is 47.5 Å². The fourth-order valence-corrected chi connectivity index (χ4v) is 2.33. The van der Waals surface area contributed by atoms with Crippen LogP contribution >= 0.6 is 27.7 Å². The van der Waals surface area contributed by atoms with Gasteiger partial charge < -0.3 is 5.32 Å². The first-order valence-electron chi connectivity index (χ1n) is 4.80. The fraction of sp³-hybridized carbons (Fsp3) is 0.455. The molecule has 1 N–H and O–H groups in total. The van der Waals surface area contributed by atoms with E-state index in [0.717, 1.165) is 17.7 Å². The molecule has 0 radical (unpaired) electrons. The average molecular weight is 292 g/mol. The summed E-state index contributed by atoms with van der Waals surface area (Å²) >= 11 is 4.98. The van der Waals surface area contributed by atoms with Gasteiger partial charge in [0.25, 0.3) is 0 Å². The van der Waals surface area contributed by atoms with Crippen molar-refractivity contribution in [3.05, 3.63) is 34.1 Å². The zero-order valence-electron chi connectivity index (χ0n) is 8.89. The largest absolute Gasteiger partial charge is 0.313 e. The van der Waals surface area contributed by atoms with Gasteiger partial charge in [0.1, 0.15) is 5.82 Å². The summed E-state index contributed by atoms with van der Waals surface area (Å²) in [6.07, 6.45) is 3.00. The third kappa shape index (κ3) is 3.47. The predicted octanol–water partition coefficient (Wildman–Crippen LogP) is 3.60. The lowest BCUT2D eigenvalue weighted by Crippen LogP contribution is -2.18. The second-order valence-corrected chi connectivity index (χ2v) is 5.11. The molecule has 84 valence electrons. The Morgan fingerprint density at radius 3 is 2.87 bits per heavy atom. The Balaban J connectivity index is 2.86. The number of rotatable bonds is 5. The van der Waals surface area contributed by atoms with Crippen molar-refractivity contribution in [2.75, 3.05) is 19.1 Å². The maximum absolute atomic E-state index is 13.8. The normalized spacial score (nSPS) is 12.8. The first-order valence-corrected chi connectivity index (χ1v) is 6.99. The van der Waals surface area contributed by atoms with E-state index in [4.69, 9.17) is 0 Å². The van der Waals surface area contributed by atoms with Crippen LogP contribution in [0.5, 0.6) is 0 Å². The topological polar surface area (TPSA) is 12.0 Å². The molecule has 0 saturated heterocycles. The van der Waals surface area contributed by atoms with Crippen LogP contribution in [0.4, 0.5) is 4.39 Å². The van der Waals surface area contributed by atoms with Gasteiger partial charge in [-0.2, -0.15) is 11.8 Å². The lowest BCUT2D eigenvalue weighted by molar-refractivity contribution is 0.525. The van der Waals surface area contributed by atoms with Crippen molar-refractivity contribution in [1.82, 2.24) is 5.32 Å². The molecule has 1 atom stereocenters. The van der Waals surface area contributed by atoms with E-state index in [0.29, 0.717) is 4.47 Å². The molecule has 15 heavy (non-hydrogen) atoms. The molecule has 1 unspecified atom stereocenters. The highest BCUT2D eigenvalue weighted by atomic mass is 79.9. The summed E-state index contributed by atoms with van der Waals surface area (Å²) in [7, 11) is 1.87. The number of halogens is 2. The molecule has 0 aromatic heterocycles. The maximum Gasteiger partial charge on any atom is 0.142 e. The average Bonchev–Trinajstić information content (AvgIpc) is 2.25. The van der Waals surface area contributed by atoms with E-state index in [-0.39, 0.29) is 11.9 Å². The minimum atomic E-state index is -0.155. The Morgan fingerprint density at radius 1 is 1.53 bits per heavy atom. The van der Waals surface area contributed by atoms with E-state index in [1.165, 1.54) is 0 Å². The van der Waals surface area contributed by atoms with Crippen LogP contribution in [0, 0.1) is 5.82 Å². The Labute approximate surface area is 103 Å². The molecule has 0 spiro atoms. The summed E-state index contributed by atoms with van der Waals surface area (Å²) in [6.45, 7) is 0. The number of thioether (sulfide) groups is 1. The molecule has 1 rings (SSSR count). The predicted molar refractivity (Wildman–Crippen MR) is 68.9 cm³/mol. The van der Waals surface area contributed by atoms with Gasteiger partial charge in [-0.3, -0.25) is 0 Å². The summed E-state index contributed by atoms with van der Waals surface area (Å²) in [5, 5.41) is 3.15. The zero-order valence-corrected chi connectivity index (χ0v) is 11.3. The van der Waals surface area contributed by atoms with Crippen LogP contribution in [0.2, 0.25) is 0 Å². The molecule has 0 aliphatic carbocycles. The van der Waals surface area contributed by atoms with Crippen LogP contribution < -0.4 is 5.32 Å². The van der Waals surface area contributed by atoms with Gasteiger partial charge in [-0.25, -0.2) is 4.39 Å². The first-order chi connectivity index (χ1) is 7.20. The van der Waals surface area contributed by atoms with E-state index in [9.17, 15) is 4.39 Å². The van der Waals surface area contributed by atoms with Crippen LogP contribution in [0.25, 0.3) is 0 Å². The number of hydrogen-bond acceptors (Lipinski definition) is 2. The lowest BCUT2D eigenvalue weighted by Gasteiger charge is -2.17. The van der Waals surface area contributed by atoms with E-state index >= 15 is 0 Å². The van der Waals surface area contributed by atoms with Crippen molar-refractivity contribution in [2.45, 2.75) is 12.5 Å². The Morgan fingerprint density at radius 2 is 2.27 bits per heavy atom. The highest BCUT2D eigenvalue weighted by Gasteiger charge is 2.14. The van der Waals surface area contributed by atoms with Gasteiger partial charge in [0.05, 0.1) is 4.47 Å². The second-order valence-electron chi connectivity index (χ2n) is 3.27. The maximum atomic E-state index is 13.8. The molecular weight excluding hydrogens is 277 g/mol. The summed E-state index contributed by atoms with van der Waals surface area (Å²) in [5.74, 6) is 0.871. The van der Waals surface area contributed by atoms with E-state index < -0.39 is 0 Å². The highest BCUT2D eigenvalue weighted by Crippen LogP contribution is 2.26. The molecule has 0 aliphatic heterocycles. The van der Waals surface area contributed by atoms with Gasteiger partial charge in [0.2, 0.25) is 0 Å². The molecule has 4 heteroatoms. The number of benzene rings is 1. The third-order valence-corrected chi connectivity index (χ3v) is 3.57. The molecular formula is C11H15BrFNS. The quantitative estimate of drug-likeness (QED) is 0.890. The molecule has 0 heterocycles. The minimum absolute atomic E-state index is 0.0925. The van der Waals surface area contributed by atoms with Crippen molar-refractivity contribution in [3.63, 3.8) is 0 Å². The monoisotopic (exact) mass is 291 g/mol. The van der Waals surface area contributed by atoms with Gasteiger partial charge in [-0.15, -0.1) is 0 Å².